The Bertz CT molecular complexity index is 1480. The third-order valence-electron chi connectivity index (χ3n) is 7.01. The number of esters is 1. The molecule has 1 fully saturated rings. The Morgan fingerprint density at radius 3 is 2.30 bits per heavy atom. The van der Waals surface area contributed by atoms with Crippen LogP contribution in [0.2, 0.25) is 10.2 Å². The summed E-state index contributed by atoms with van der Waals surface area (Å²) < 4.78 is 77.0. The second-order valence-electron chi connectivity index (χ2n) is 9.93. The van der Waals surface area contributed by atoms with Gasteiger partial charge in [-0.15, -0.1) is 0 Å². The SMILES string of the molecule is CCOC(=O)[C@H]1CC[C@H](n2ncc(C(=O)N(CC(=O)c3c(Cl)ccnc3Cl)Cc3cc(F)cc(F)c3)c2C(F)(F)F)CC1. The molecule has 0 N–H and O–H groups in total. The predicted molar refractivity (Wildman–Crippen MR) is 145 cm³/mol. The Morgan fingerprint density at radius 1 is 1.07 bits per heavy atom. The molecule has 2 aromatic heterocycles. The second kappa shape index (κ2) is 13.4. The highest BCUT2D eigenvalue weighted by atomic mass is 35.5. The van der Waals surface area contributed by atoms with Gasteiger partial charge in [0.25, 0.3) is 5.91 Å². The van der Waals surface area contributed by atoms with Crippen molar-refractivity contribution in [2.45, 2.75) is 51.4 Å². The zero-order chi connectivity index (χ0) is 31.5. The van der Waals surface area contributed by atoms with E-state index < -0.39 is 71.8 Å². The molecule has 0 aliphatic heterocycles. The molecule has 15 heteroatoms. The monoisotopic (exact) mass is 646 g/mol. The number of Topliss-reactive ketones (excluding diaryl/α,β-unsaturated/α-hetero) is 1. The quantitative estimate of drug-likeness (QED) is 0.111. The van der Waals surface area contributed by atoms with Gasteiger partial charge in [-0.1, -0.05) is 23.2 Å². The number of hydrogen-bond acceptors (Lipinski definition) is 6. The predicted octanol–water partition coefficient (Wildman–Crippen LogP) is 6.70. The second-order valence-corrected chi connectivity index (χ2v) is 10.7. The minimum Gasteiger partial charge on any atom is -0.466 e. The van der Waals surface area contributed by atoms with E-state index in [1.54, 1.807) is 6.92 Å². The molecule has 1 aromatic carbocycles. The molecule has 3 aromatic rings. The van der Waals surface area contributed by atoms with E-state index in [4.69, 9.17) is 27.9 Å². The molecule has 0 bridgehead atoms. The number of benzene rings is 1. The van der Waals surface area contributed by atoms with E-state index in [0.29, 0.717) is 15.6 Å². The summed E-state index contributed by atoms with van der Waals surface area (Å²) in [5.74, 6) is -5.00. The van der Waals surface area contributed by atoms with E-state index in [1.165, 1.54) is 12.3 Å². The van der Waals surface area contributed by atoms with E-state index >= 15 is 0 Å². The first-order chi connectivity index (χ1) is 20.3. The van der Waals surface area contributed by atoms with Crippen LogP contribution < -0.4 is 0 Å². The number of carbonyl (C=O) groups excluding carboxylic acids is 3. The summed E-state index contributed by atoms with van der Waals surface area (Å²) in [7, 11) is 0. The maximum absolute atomic E-state index is 14.5. The molecule has 4 rings (SSSR count). The minimum atomic E-state index is -5.05. The van der Waals surface area contributed by atoms with E-state index in [9.17, 15) is 36.3 Å². The third kappa shape index (κ3) is 7.50. The van der Waals surface area contributed by atoms with Gasteiger partial charge in [0.2, 0.25) is 0 Å². The van der Waals surface area contributed by atoms with Gasteiger partial charge in [0.15, 0.2) is 11.5 Å². The molecule has 1 amide bonds. The minimum absolute atomic E-state index is 0.114. The lowest BCUT2D eigenvalue weighted by Crippen LogP contribution is -2.37. The highest BCUT2D eigenvalue weighted by Gasteiger charge is 2.43. The lowest BCUT2D eigenvalue weighted by molar-refractivity contribution is -0.151. The van der Waals surface area contributed by atoms with Crippen molar-refractivity contribution >= 4 is 40.9 Å². The lowest BCUT2D eigenvalue weighted by Gasteiger charge is -2.29. The van der Waals surface area contributed by atoms with Gasteiger partial charge in [-0.3, -0.25) is 19.1 Å². The zero-order valence-electron chi connectivity index (χ0n) is 22.6. The first-order valence-corrected chi connectivity index (χ1v) is 13.9. The highest BCUT2D eigenvalue weighted by Crippen LogP contribution is 2.39. The van der Waals surface area contributed by atoms with Crippen LogP contribution in [0.4, 0.5) is 22.0 Å². The number of carbonyl (C=O) groups is 3. The molecule has 230 valence electrons. The average Bonchev–Trinajstić information content (AvgIpc) is 3.38. The van der Waals surface area contributed by atoms with Gasteiger partial charge in [-0.2, -0.15) is 18.3 Å². The summed E-state index contributed by atoms with van der Waals surface area (Å²) in [6.07, 6.45) is -2.20. The van der Waals surface area contributed by atoms with Crippen LogP contribution in [0.5, 0.6) is 0 Å². The molecule has 0 unspecified atom stereocenters. The van der Waals surface area contributed by atoms with Crippen LogP contribution in [0.1, 0.15) is 70.6 Å². The molecule has 1 saturated carbocycles. The number of aromatic nitrogens is 3. The molecule has 0 spiro atoms. The van der Waals surface area contributed by atoms with Crippen molar-refractivity contribution in [2.75, 3.05) is 13.2 Å². The number of rotatable bonds is 9. The fourth-order valence-electron chi connectivity index (χ4n) is 5.10. The van der Waals surface area contributed by atoms with Crippen molar-refractivity contribution in [1.29, 1.82) is 0 Å². The molecule has 0 atom stereocenters. The van der Waals surface area contributed by atoms with Crippen molar-refractivity contribution in [3.63, 3.8) is 0 Å². The van der Waals surface area contributed by atoms with E-state index in [2.05, 4.69) is 10.1 Å². The smallest absolute Gasteiger partial charge is 0.433 e. The fraction of sp³-hybridized carbons (Fsp3) is 0.393. The molecule has 8 nitrogen and oxygen atoms in total. The van der Waals surface area contributed by atoms with Gasteiger partial charge >= 0.3 is 12.1 Å². The van der Waals surface area contributed by atoms with Crippen LogP contribution in [0.15, 0.2) is 36.7 Å². The zero-order valence-corrected chi connectivity index (χ0v) is 24.1. The maximum Gasteiger partial charge on any atom is 0.433 e. The van der Waals surface area contributed by atoms with E-state index in [1.807, 2.05) is 0 Å². The van der Waals surface area contributed by atoms with Gasteiger partial charge in [0.1, 0.15) is 16.8 Å². The number of hydrogen-bond donors (Lipinski definition) is 0. The summed E-state index contributed by atoms with van der Waals surface area (Å²) in [5, 5.41) is 3.48. The summed E-state index contributed by atoms with van der Waals surface area (Å²) in [4.78, 5) is 43.5. The number of nitrogens with zero attached hydrogens (tertiary/aromatic N) is 4. The Hall–Kier alpha value is -3.58. The molecule has 2 heterocycles. The van der Waals surface area contributed by atoms with Crippen LogP contribution in [0, 0.1) is 17.6 Å². The maximum atomic E-state index is 14.5. The molecule has 1 aliphatic rings. The van der Waals surface area contributed by atoms with Crippen molar-refractivity contribution in [3.05, 3.63) is 80.9 Å². The number of ketones is 1. The van der Waals surface area contributed by atoms with Crippen LogP contribution in [0.25, 0.3) is 0 Å². The standard InChI is InChI=1S/C28H25Cl2F5N4O4/c1-2-43-27(42)16-3-5-19(6-4-16)39-24(28(33,34)35)20(12-37-39)26(41)38(13-15-9-17(31)11-18(32)10-15)14-22(40)23-21(29)7-8-36-25(23)30/h7-12,16,19H,2-6,13-14H2,1H3/t16-,19-. The van der Waals surface area contributed by atoms with Crippen LogP contribution in [0.3, 0.4) is 0 Å². The molecule has 0 radical (unpaired) electrons. The molecular weight excluding hydrogens is 622 g/mol. The third-order valence-corrected chi connectivity index (χ3v) is 7.61. The van der Waals surface area contributed by atoms with Gasteiger partial charge in [0.05, 0.1) is 47.5 Å². The Labute approximate surface area is 252 Å². The summed E-state index contributed by atoms with van der Waals surface area (Å²) in [5.41, 5.74) is -2.62. The average molecular weight is 647 g/mol. The lowest BCUT2D eigenvalue weighted by atomic mass is 9.86. The summed E-state index contributed by atoms with van der Waals surface area (Å²) in [6, 6.07) is 2.83. The van der Waals surface area contributed by atoms with E-state index in [0.717, 1.165) is 18.3 Å². The Morgan fingerprint density at radius 2 is 1.72 bits per heavy atom. The summed E-state index contributed by atoms with van der Waals surface area (Å²) in [6.45, 7) is 0.349. The van der Waals surface area contributed by atoms with Crippen LogP contribution in [-0.4, -0.2) is 50.5 Å². The molecule has 1 aliphatic carbocycles. The van der Waals surface area contributed by atoms with Gasteiger partial charge < -0.3 is 9.64 Å². The van der Waals surface area contributed by atoms with Crippen molar-refractivity contribution in [2.24, 2.45) is 5.92 Å². The molecule has 43 heavy (non-hydrogen) atoms. The first-order valence-electron chi connectivity index (χ1n) is 13.2. The van der Waals surface area contributed by atoms with Gasteiger partial charge in [-0.05, 0) is 56.4 Å². The van der Waals surface area contributed by atoms with Gasteiger partial charge in [-0.25, -0.2) is 13.8 Å². The summed E-state index contributed by atoms with van der Waals surface area (Å²) >= 11 is 12.1. The number of amides is 1. The first kappa shape index (κ1) is 32.3. The van der Waals surface area contributed by atoms with Gasteiger partial charge in [0, 0.05) is 18.8 Å². The Kier molecular flexibility index (Phi) is 10.1. The number of alkyl halides is 3. The van der Waals surface area contributed by atoms with Crippen molar-refractivity contribution in [1.82, 2.24) is 19.7 Å². The van der Waals surface area contributed by atoms with Crippen LogP contribution >= 0.6 is 23.2 Å². The fourth-order valence-corrected chi connectivity index (χ4v) is 5.67. The van der Waals surface area contributed by atoms with Crippen molar-refractivity contribution in [3.8, 4) is 0 Å². The Balaban J connectivity index is 1.69. The topological polar surface area (TPSA) is 94.4 Å². The van der Waals surface area contributed by atoms with Crippen LogP contribution in [-0.2, 0) is 22.3 Å². The number of pyridine rings is 1. The normalized spacial score (nSPS) is 17.0. The van der Waals surface area contributed by atoms with E-state index in [-0.39, 0.29) is 53.6 Å². The highest BCUT2D eigenvalue weighted by molar-refractivity contribution is 6.39. The number of halogens is 7. The largest absolute Gasteiger partial charge is 0.466 e. The molecule has 0 saturated heterocycles. The molecular formula is C28H25Cl2F5N4O4. The van der Waals surface area contributed by atoms with Crippen molar-refractivity contribution < 1.29 is 41.1 Å². The number of ether oxygens (including phenoxy) is 1.